The van der Waals surface area contributed by atoms with Crippen LogP contribution in [0.15, 0.2) is 66.7 Å². The number of hydrogen-bond acceptors (Lipinski definition) is 2. The van der Waals surface area contributed by atoms with E-state index in [9.17, 15) is 4.79 Å². The Morgan fingerprint density at radius 1 is 0.958 bits per heavy atom. The van der Waals surface area contributed by atoms with E-state index < -0.39 is 0 Å². The monoisotopic (exact) mass is 316 g/mol. The summed E-state index contributed by atoms with van der Waals surface area (Å²) >= 11 is 0. The Balaban J connectivity index is 1.53. The smallest absolute Gasteiger partial charge is 0.243 e. The molecule has 3 aromatic carbocycles. The number of hydrogen-bond donors (Lipinski definition) is 1. The van der Waals surface area contributed by atoms with Gasteiger partial charge in [-0.25, -0.2) is 0 Å². The second-order valence-corrected chi connectivity index (χ2v) is 6.23. The highest BCUT2D eigenvalue weighted by Crippen LogP contribution is 2.27. The summed E-state index contributed by atoms with van der Waals surface area (Å²) in [6.45, 7) is 1.32. The SMILES string of the molecule is O=C(CN1CCCc2ccccc21)Nc1cccc2ccccc12. The molecule has 1 aliphatic heterocycles. The lowest BCUT2D eigenvalue weighted by atomic mass is 10.0. The van der Waals surface area contributed by atoms with Crippen LogP contribution in [0, 0.1) is 0 Å². The van der Waals surface area contributed by atoms with Crippen LogP contribution in [0.3, 0.4) is 0 Å². The number of rotatable bonds is 3. The zero-order valence-electron chi connectivity index (χ0n) is 13.5. The van der Waals surface area contributed by atoms with Crippen LogP contribution in [-0.2, 0) is 11.2 Å². The summed E-state index contributed by atoms with van der Waals surface area (Å²) in [5.74, 6) is 0.0306. The number of carbonyl (C=O) groups is 1. The average molecular weight is 316 g/mol. The number of para-hydroxylation sites is 1. The van der Waals surface area contributed by atoms with Gasteiger partial charge in [-0.1, -0.05) is 54.6 Å². The number of nitrogens with one attached hydrogen (secondary N) is 1. The molecule has 0 radical (unpaired) electrons. The summed E-state index contributed by atoms with van der Waals surface area (Å²) in [7, 11) is 0. The van der Waals surface area contributed by atoms with Gasteiger partial charge in [-0.2, -0.15) is 0 Å². The standard InChI is InChI=1S/C21H20N2O/c24-21(15-23-14-6-10-17-8-2-4-13-20(17)23)22-19-12-5-9-16-7-1-3-11-18(16)19/h1-5,7-9,11-13H,6,10,14-15H2,(H,22,24). The summed E-state index contributed by atoms with van der Waals surface area (Å²) in [5, 5.41) is 5.30. The van der Waals surface area contributed by atoms with Crippen molar-refractivity contribution in [1.82, 2.24) is 0 Å². The van der Waals surface area contributed by atoms with Crippen molar-refractivity contribution in [2.45, 2.75) is 12.8 Å². The van der Waals surface area contributed by atoms with Crippen molar-refractivity contribution in [3.05, 3.63) is 72.3 Å². The molecule has 0 unspecified atom stereocenters. The van der Waals surface area contributed by atoms with Crippen LogP contribution >= 0.6 is 0 Å². The molecule has 1 heterocycles. The minimum Gasteiger partial charge on any atom is -0.362 e. The molecule has 1 amide bonds. The molecule has 0 bridgehead atoms. The average Bonchev–Trinajstić information content (AvgIpc) is 2.62. The van der Waals surface area contributed by atoms with Crippen LogP contribution in [0.5, 0.6) is 0 Å². The van der Waals surface area contributed by atoms with E-state index in [1.165, 1.54) is 11.3 Å². The number of benzene rings is 3. The second kappa shape index (κ2) is 6.36. The first-order valence-corrected chi connectivity index (χ1v) is 8.42. The number of anilines is 2. The molecular weight excluding hydrogens is 296 g/mol. The fraction of sp³-hybridized carbons (Fsp3) is 0.190. The van der Waals surface area contributed by atoms with Gasteiger partial charge in [-0.05, 0) is 35.9 Å². The molecule has 120 valence electrons. The second-order valence-electron chi connectivity index (χ2n) is 6.23. The molecule has 0 spiro atoms. The van der Waals surface area contributed by atoms with Crippen molar-refractivity contribution in [1.29, 1.82) is 0 Å². The van der Waals surface area contributed by atoms with Gasteiger partial charge >= 0.3 is 0 Å². The van der Waals surface area contributed by atoms with Gasteiger partial charge in [-0.3, -0.25) is 4.79 Å². The van der Waals surface area contributed by atoms with E-state index in [1.54, 1.807) is 0 Å². The largest absolute Gasteiger partial charge is 0.362 e. The molecule has 0 saturated carbocycles. The zero-order valence-corrected chi connectivity index (χ0v) is 13.5. The third-order valence-corrected chi connectivity index (χ3v) is 4.60. The fourth-order valence-corrected chi connectivity index (χ4v) is 3.47. The van der Waals surface area contributed by atoms with Crippen LogP contribution < -0.4 is 10.2 Å². The normalized spacial score (nSPS) is 13.6. The third-order valence-electron chi connectivity index (χ3n) is 4.60. The van der Waals surface area contributed by atoms with Gasteiger partial charge in [0.05, 0.1) is 6.54 Å². The number of aryl methyl sites for hydroxylation is 1. The van der Waals surface area contributed by atoms with E-state index >= 15 is 0 Å². The van der Waals surface area contributed by atoms with E-state index in [0.29, 0.717) is 6.54 Å². The van der Waals surface area contributed by atoms with Gasteiger partial charge in [-0.15, -0.1) is 0 Å². The van der Waals surface area contributed by atoms with Crippen molar-refractivity contribution in [2.24, 2.45) is 0 Å². The lowest BCUT2D eigenvalue weighted by Gasteiger charge is -2.30. The Labute approximate surface area is 141 Å². The fourth-order valence-electron chi connectivity index (χ4n) is 3.47. The van der Waals surface area contributed by atoms with E-state index in [-0.39, 0.29) is 5.91 Å². The first kappa shape index (κ1) is 14.8. The molecule has 3 nitrogen and oxygen atoms in total. The molecule has 0 atom stereocenters. The Kier molecular flexibility index (Phi) is 3.91. The first-order valence-electron chi connectivity index (χ1n) is 8.42. The predicted molar refractivity (Wildman–Crippen MR) is 99.6 cm³/mol. The van der Waals surface area contributed by atoms with E-state index in [1.807, 2.05) is 36.4 Å². The van der Waals surface area contributed by atoms with Gasteiger partial charge in [0.25, 0.3) is 0 Å². The third kappa shape index (κ3) is 2.85. The molecule has 24 heavy (non-hydrogen) atoms. The summed E-state index contributed by atoms with van der Waals surface area (Å²) in [6, 6.07) is 22.5. The number of nitrogens with zero attached hydrogens (tertiary/aromatic N) is 1. The lowest BCUT2D eigenvalue weighted by Crippen LogP contribution is -2.36. The number of amides is 1. The molecule has 1 aliphatic rings. The minimum absolute atomic E-state index is 0.0306. The highest BCUT2D eigenvalue weighted by atomic mass is 16.2. The van der Waals surface area contributed by atoms with E-state index in [2.05, 4.69) is 40.5 Å². The van der Waals surface area contributed by atoms with Gasteiger partial charge in [0.1, 0.15) is 0 Å². The Morgan fingerprint density at radius 3 is 2.71 bits per heavy atom. The predicted octanol–water partition coefficient (Wildman–Crippen LogP) is 4.23. The molecule has 3 heteroatoms. The maximum Gasteiger partial charge on any atom is 0.243 e. The molecule has 4 rings (SSSR count). The van der Waals surface area contributed by atoms with E-state index in [4.69, 9.17) is 0 Å². The number of carbonyl (C=O) groups excluding carboxylic acids is 1. The van der Waals surface area contributed by atoms with Crippen molar-refractivity contribution in [3.8, 4) is 0 Å². The van der Waals surface area contributed by atoms with Gasteiger partial charge in [0, 0.05) is 23.3 Å². The van der Waals surface area contributed by atoms with Crippen LogP contribution in [0.1, 0.15) is 12.0 Å². The molecule has 0 aromatic heterocycles. The topological polar surface area (TPSA) is 32.3 Å². The zero-order chi connectivity index (χ0) is 16.4. The highest BCUT2D eigenvalue weighted by Gasteiger charge is 2.18. The summed E-state index contributed by atoms with van der Waals surface area (Å²) in [6.07, 6.45) is 2.19. The summed E-state index contributed by atoms with van der Waals surface area (Å²) in [5.41, 5.74) is 3.40. The summed E-state index contributed by atoms with van der Waals surface area (Å²) < 4.78 is 0. The quantitative estimate of drug-likeness (QED) is 0.784. The van der Waals surface area contributed by atoms with Gasteiger partial charge in [0.2, 0.25) is 5.91 Å². The maximum absolute atomic E-state index is 12.6. The van der Waals surface area contributed by atoms with Crippen molar-refractivity contribution in [2.75, 3.05) is 23.3 Å². The Morgan fingerprint density at radius 2 is 1.75 bits per heavy atom. The van der Waals surface area contributed by atoms with Gasteiger partial charge < -0.3 is 10.2 Å². The Bertz CT molecular complexity index is 882. The molecule has 0 fully saturated rings. The molecule has 0 aliphatic carbocycles. The minimum atomic E-state index is 0.0306. The molecular formula is C21H20N2O. The highest BCUT2D eigenvalue weighted by molar-refractivity contribution is 6.03. The van der Waals surface area contributed by atoms with Gasteiger partial charge in [0.15, 0.2) is 0 Å². The summed E-state index contributed by atoms with van der Waals surface area (Å²) in [4.78, 5) is 14.8. The van der Waals surface area contributed by atoms with E-state index in [0.717, 1.165) is 35.8 Å². The maximum atomic E-state index is 12.6. The van der Waals surface area contributed by atoms with Crippen LogP contribution in [0.4, 0.5) is 11.4 Å². The first-order chi connectivity index (χ1) is 11.8. The Hall–Kier alpha value is -2.81. The van der Waals surface area contributed by atoms with Crippen molar-refractivity contribution < 1.29 is 4.79 Å². The number of fused-ring (bicyclic) bond motifs is 2. The molecule has 0 saturated heterocycles. The lowest BCUT2D eigenvalue weighted by molar-refractivity contribution is -0.115. The van der Waals surface area contributed by atoms with Crippen molar-refractivity contribution in [3.63, 3.8) is 0 Å². The van der Waals surface area contributed by atoms with Crippen LogP contribution in [-0.4, -0.2) is 19.0 Å². The van der Waals surface area contributed by atoms with Crippen molar-refractivity contribution >= 4 is 28.1 Å². The van der Waals surface area contributed by atoms with Crippen LogP contribution in [0.25, 0.3) is 10.8 Å². The molecule has 3 aromatic rings. The van der Waals surface area contributed by atoms with Crippen LogP contribution in [0.2, 0.25) is 0 Å². The molecule has 1 N–H and O–H groups in total.